The molecule has 0 spiro atoms. The van der Waals surface area contributed by atoms with Gasteiger partial charge < -0.3 is 0 Å². The van der Waals surface area contributed by atoms with Crippen molar-refractivity contribution in [3.63, 3.8) is 0 Å². The van der Waals surface area contributed by atoms with Crippen molar-refractivity contribution in [1.82, 2.24) is 14.8 Å². The number of amides is 1. The molecule has 1 amide bonds. The van der Waals surface area contributed by atoms with Gasteiger partial charge in [0.25, 0.3) is 11.6 Å². The number of aromatic nitrogens is 1. The lowest BCUT2D eigenvalue weighted by atomic mass is 10.1. The lowest BCUT2D eigenvalue weighted by Crippen LogP contribution is -2.46. The van der Waals surface area contributed by atoms with Crippen molar-refractivity contribution in [2.24, 2.45) is 0 Å². The molecule has 2 N–H and O–H groups in total. The maximum absolute atomic E-state index is 13.5. The van der Waals surface area contributed by atoms with E-state index in [0.717, 1.165) is 4.31 Å². The Balaban J connectivity index is 2.17. The van der Waals surface area contributed by atoms with Gasteiger partial charge in [-0.25, -0.2) is 13.9 Å². The Morgan fingerprint density at radius 3 is 2.60 bits per heavy atom. The number of nitrogens with one attached hydrogen (secondary N) is 1. The van der Waals surface area contributed by atoms with E-state index < -0.39 is 33.4 Å². The number of hydrogen-bond donors (Lipinski definition) is 2. The summed E-state index contributed by atoms with van der Waals surface area (Å²) in [4.78, 5) is 26.8. The van der Waals surface area contributed by atoms with E-state index >= 15 is 0 Å². The van der Waals surface area contributed by atoms with E-state index in [9.17, 15) is 23.3 Å². The van der Waals surface area contributed by atoms with E-state index in [-0.39, 0.29) is 21.7 Å². The third-order valence-electron chi connectivity index (χ3n) is 4.62. The van der Waals surface area contributed by atoms with Crippen LogP contribution in [0.1, 0.15) is 12.5 Å². The summed E-state index contributed by atoms with van der Waals surface area (Å²) >= 11 is 0. The Labute approximate surface area is 171 Å². The molecule has 0 fully saturated rings. The minimum absolute atomic E-state index is 0.0943. The number of hydrogen-bond acceptors (Lipinski definition) is 7. The van der Waals surface area contributed by atoms with Gasteiger partial charge in [0.2, 0.25) is 10.0 Å². The summed E-state index contributed by atoms with van der Waals surface area (Å²) in [6.07, 6.45) is 1.44. The van der Waals surface area contributed by atoms with Crippen LogP contribution in [0, 0.1) is 10.1 Å². The molecule has 0 aliphatic heterocycles. The number of rotatable bonds is 7. The van der Waals surface area contributed by atoms with Crippen molar-refractivity contribution in [3.05, 3.63) is 76.5 Å². The number of para-hydroxylation sites is 2. The van der Waals surface area contributed by atoms with Gasteiger partial charge in [-0.1, -0.05) is 36.4 Å². The molecule has 30 heavy (non-hydrogen) atoms. The summed E-state index contributed by atoms with van der Waals surface area (Å²) in [6, 6.07) is 12.2. The molecular formula is C19H18N4O6S. The lowest BCUT2D eigenvalue weighted by molar-refractivity contribution is -0.385. The maximum atomic E-state index is 13.5. The molecule has 0 aliphatic carbocycles. The molecule has 0 saturated carbocycles. The van der Waals surface area contributed by atoms with Crippen molar-refractivity contribution >= 4 is 32.5 Å². The number of nitro benzene ring substituents is 1. The van der Waals surface area contributed by atoms with Crippen LogP contribution in [0.5, 0.6) is 0 Å². The molecule has 3 aromatic rings. The fraction of sp³-hybridized carbons (Fsp3) is 0.158. The molecule has 10 nitrogen and oxygen atoms in total. The smallest absolute Gasteiger partial charge is 0.273 e. The summed E-state index contributed by atoms with van der Waals surface area (Å²) < 4.78 is 27.9. The van der Waals surface area contributed by atoms with Crippen molar-refractivity contribution in [2.45, 2.75) is 24.4 Å². The van der Waals surface area contributed by atoms with Gasteiger partial charge in [-0.05, 0) is 19.1 Å². The Bertz CT molecular complexity index is 1210. The number of sulfonamides is 1. The number of benzene rings is 2. The number of carbonyl (C=O) groups is 1. The number of pyridine rings is 1. The molecular weight excluding hydrogens is 412 g/mol. The van der Waals surface area contributed by atoms with E-state index in [4.69, 9.17) is 5.21 Å². The van der Waals surface area contributed by atoms with E-state index in [1.807, 2.05) is 0 Å². The molecule has 0 aliphatic rings. The number of hydroxylamine groups is 1. The van der Waals surface area contributed by atoms with Crippen LogP contribution in [0.25, 0.3) is 10.9 Å². The SMILES string of the molecule is C[C@@H](C(=O)NO)N(Cc1ccccc1[N+](=O)[O-])S(=O)(=O)c1cccc2cccnc12. The molecule has 1 heterocycles. The van der Waals surface area contributed by atoms with Gasteiger partial charge in [-0.3, -0.25) is 25.1 Å². The normalized spacial score (nSPS) is 12.6. The Kier molecular flexibility index (Phi) is 6.06. The van der Waals surface area contributed by atoms with Gasteiger partial charge in [0.15, 0.2) is 0 Å². The highest BCUT2D eigenvalue weighted by Gasteiger charge is 2.35. The first kappa shape index (κ1) is 21.3. The van der Waals surface area contributed by atoms with Gasteiger partial charge in [0, 0.05) is 29.8 Å². The predicted molar refractivity (Wildman–Crippen MR) is 107 cm³/mol. The largest absolute Gasteiger partial charge is 0.289 e. The Hall–Kier alpha value is -3.41. The summed E-state index contributed by atoms with van der Waals surface area (Å²) in [7, 11) is -4.35. The minimum Gasteiger partial charge on any atom is -0.289 e. The molecule has 2 aromatic carbocycles. The summed E-state index contributed by atoms with van der Waals surface area (Å²) in [5, 5.41) is 21.0. The van der Waals surface area contributed by atoms with Gasteiger partial charge in [0.1, 0.15) is 10.9 Å². The first-order valence-electron chi connectivity index (χ1n) is 8.79. The molecule has 1 aromatic heterocycles. The molecule has 3 rings (SSSR count). The zero-order valence-electron chi connectivity index (χ0n) is 15.8. The van der Waals surface area contributed by atoms with Crippen LogP contribution in [-0.2, 0) is 21.4 Å². The molecule has 1 atom stereocenters. The Morgan fingerprint density at radius 1 is 1.20 bits per heavy atom. The summed E-state index contributed by atoms with van der Waals surface area (Å²) in [6.45, 7) is 0.813. The number of nitrogens with zero attached hydrogens (tertiary/aromatic N) is 3. The van der Waals surface area contributed by atoms with E-state index in [1.165, 1.54) is 55.0 Å². The zero-order valence-corrected chi connectivity index (χ0v) is 16.6. The van der Waals surface area contributed by atoms with Gasteiger partial charge >= 0.3 is 0 Å². The van der Waals surface area contributed by atoms with E-state index in [1.54, 1.807) is 18.2 Å². The van der Waals surface area contributed by atoms with Crippen molar-refractivity contribution < 1.29 is 23.3 Å². The number of fused-ring (bicyclic) bond motifs is 1. The topological polar surface area (TPSA) is 143 Å². The van der Waals surface area contributed by atoms with E-state index in [0.29, 0.717) is 5.39 Å². The van der Waals surface area contributed by atoms with Crippen LogP contribution < -0.4 is 5.48 Å². The van der Waals surface area contributed by atoms with Gasteiger partial charge in [-0.15, -0.1) is 0 Å². The van der Waals surface area contributed by atoms with Gasteiger partial charge in [-0.2, -0.15) is 4.31 Å². The lowest BCUT2D eigenvalue weighted by Gasteiger charge is -2.27. The standard InChI is InChI=1S/C19H18N4O6S/c1-13(19(24)21-25)22(12-15-6-2-3-9-16(15)23(26)27)30(28,29)17-10-4-7-14-8-5-11-20-18(14)17/h2-11,13,25H,12H2,1H3,(H,21,24)/t13-/m0/s1. The number of carbonyl (C=O) groups excluding carboxylic acids is 1. The van der Waals surface area contributed by atoms with Crippen LogP contribution in [0.15, 0.2) is 65.7 Å². The van der Waals surface area contributed by atoms with Crippen LogP contribution in [0.2, 0.25) is 0 Å². The fourth-order valence-corrected chi connectivity index (χ4v) is 4.79. The number of nitro groups is 1. The first-order chi connectivity index (χ1) is 14.3. The van der Waals surface area contributed by atoms with Crippen molar-refractivity contribution in [1.29, 1.82) is 0 Å². The highest BCUT2D eigenvalue weighted by molar-refractivity contribution is 7.89. The second-order valence-corrected chi connectivity index (χ2v) is 8.28. The molecule has 0 bridgehead atoms. The van der Waals surface area contributed by atoms with Crippen LogP contribution >= 0.6 is 0 Å². The predicted octanol–water partition coefficient (Wildman–Crippen LogP) is 2.23. The van der Waals surface area contributed by atoms with Crippen molar-refractivity contribution in [2.75, 3.05) is 0 Å². The third kappa shape index (κ3) is 3.99. The third-order valence-corrected chi connectivity index (χ3v) is 6.57. The van der Waals surface area contributed by atoms with Gasteiger partial charge in [0.05, 0.1) is 10.4 Å². The molecule has 0 unspecified atom stereocenters. The summed E-state index contributed by atoms with van der Waals surface area (Å²) in [5.41, 5.74) is 1.44. The second kappa shape index (κ2) is 8.53. The van der Waals surface area contributed by atoms with Crippen LogP contribution in [0.4, 0.5) is 5.69 Å². The maximum Gasteiger partial charge on any atom is 0.273 e. The van der Waals surface area contributed by atoms with Crippen molar-refractivity contribution in [3.8, 4) is 0 Å². The van der Waals surface area contributed by atoms with E-state index in [2.05, 4.69) is 4.98 Å². The highest BCUT2D eigenvalue weighted by Crippen LogP contribution is 2.29. The Morgan fingerprint density at radius 2 is 1.90 bits per heavy atom. The minimum atomic E-state index is -4.35. The molecule has 0 radical (unpaired) electrons. The first-order valence-corrected chi connectivity index (χ1v) is 10.2. The van der Waals surface area contributed by atoms with Crippen LogP contribution in [0.3, 0.4) is 0 Å². The quantitative estimate of drug-likeness (QED) is 0.332. The monoisotopic (exact) mass is 430 g/mol. The molecule has 0 saturated heterocycles. The zero-order chi connectivity index (χ0) is 21.9. The average Bonchev–Trinajstić information content (AvgIpc) is 2.76. The molecule has 11 heteroatoms. The molecule has 156 valence electrons. The summed E-state index contributed by atoms with van der Waals surface area (Å²) in [5.74, 6) is -0.981. The van der Waals surface area contributed by atoms with Crippen LogP contribution in [-0.4, -0.2) is 39.8 Å². The second-order valence-electron chi connectivity index (χ2n) is 6.42. The fourth-order valence-electron chi connectivity index (χ4n) is 3.06. The highest BCUT2D eigenvalue weighted by atomic mass is 32.2. The average molecular weight is 430 g/mol.